The number of ketones is 1. The van der Waals surface area contributed by atoms with Crippen molar-refractivity contribution >= 4 is 21.7 Å². The van der Waals surface area contributed by atoms with Crippen LogP contribution in [0.15, 0.2) is 53.0 Å². The number of Topliss-reactive ketones (excluding diaryl/α,β-unsaturated/α-hetero) is 1. The van der Waals surface area contributed by atoms with E-state index in [0.29, 0.717) is 17.9 Å². The van der Waals surface area contributed by atoms with Crippen molar-refractivity contribution in [3.63, 3.8) is 0 Å². The number of hydrogen-bond acceptors (Lipinski definition) is 3. The molecule has 104 valence electrons. The molecule has 0 aliphatic heterocycles. The zero-order chi connectivity index (χ0) is 14.4. The lowest BCUT2D eigenvalue weighted by Gasteiger charge is -2.07. The molecule has 0 atom stereocenters. The Kier molecular flexibility index (Phi) is 5.18. The molecule has 0 bridgehead atoms. The number of ether oxygens (including phenoxy) is 2. The van der Waals surface area contributed by atoms with Gasteiger partial charge in [-0.1, -0.05) is 15.9 Å². The van der Waals surface area contributed by atoms with Crippen LogP contribution in [0, 0.1) is 0 Å². The van der Waals surface area contributed by atoms with E-state index >= 15 is 0 Å². The van der Waals surface area contributed by atoms with Gasteiger partial charge in [-0.2, -0.15) is 0 Å². The van der Waals surface area contributed by atoms with Gasteiger partial charge in [-0.15, -0.1) is 0 Å². The number of carbonyl (C=O) groups excluding carboxylic acids is 1. The Morgan fingerprint density at radius 3 is 2.10 bits per heavy atom. The van der Waals surface area contributed by atoms with Crippen LogP contribution in [0.25, 0.3) is 0 Å². The lowest BCUT2D eigenvalue weighted by Crippen LogP contribution is -2.11. The van der Waals surface area contributed by atoms with Crippen LogP contribution in [0.4, 0.5) is 0 Å². The first-order valence-corrected chi connectivity index (χ1v) is 7.13. The predicted octanol–water partition coefficient (Wildman–Crippen LogP) is 4.11. The third-order valence-electron chi connectivity index (χ3n) is 2.67. The van der Waals surface area contributed by atoms with Crippen LogP contribution in [0.1, 0.15) is 17.3 Å². The van der Waals surface area contributed by atoms with Gasteiger partial charge >= 0.3 is 0 Å². The summed E-state index contributed by atoms with van der Waals surface area (Å²) in [6.45, 7) is 2.56. The summed E-state index contributed by atoms with van der Waals surface area (Å²) < 4.78 is 11.8. The highest BCUT2D eigenvalue weighted by Gasteiger charge is 2.07. The molecular weight excluding hydrogens is 320 g/mol. The molecule has 0 heterocycles. The van der Waals surface area contributed by atoms with Gasteiger partial charge in [-0.3, -0.25) is 4.79 Å². The summed E-state index contributed by atoms with van der Waals surface area (Å²) in [7, 11) is 0. The van der Waals surface area contributed by atoms with Crippen LogP contribution in [0.2, 0.25) is 0 Å². The average Bonchev–Trinajstić information content (AvgIpc) is 2.47. The predicted molar refractivity (Wildman–Crippen MR) is 81.6 cm³/mol. The van der Waals surface area contributed by atoms with Gasteiger partial charge < -0.3 is 9.47 Å². The summed E-state index contributed by atoms with van der Waals surface area (Å²) in [5.74, 6) is 1.38. The number of hydrogen-bond donors (Lipinski definition) is 0. The molecule has 0 fully saturated rings. The third-order valence-corrected chi connectivity index (χ3v) is 3.20. The van der Waals surface area contributed by atoms with E-state index in [4.69, 9.17) is 9.47 Å². The van der Waals surface area contributed by atoms with Crippen molar-refractivity contribution in [3.05, 3.63) is 58.6 Å². The van der Waals surface area contributed by atoms with Crippen LogP contribution in [-0.4, -0.2) is 19.0 Å². The summed E-state index contributed by atoms with van der Waals surface area (Å²) >= 11 is 3.35. The van der Waals surface area contributed by atoms with Gasteiger partial charge in [0.25, 0.3) is 0 Å². The van der Waals surface area contributed by atoms with E-state index in [0.717, 1.165) is 10.2 Å². The van der Waals surface area contributed by atoms with Crippen LogP contribution in [0.3, 0.4) is 0 Å². The van der Waals surface area contributed by atoms with Crippen molar-refractivity contribution in [2.75, 3.05) is 13.2 Å². The van der Waals surface area contributed by atoms with E-state index < -0.39 is 0 Å². The molecule has 0 N–H and O–H groups in total. The van der Waals surface area contributed by atoms with Gasteiger partial charge in [0.2, 0.25) is 0 Å². The summed E-state index contributed by atoms with van der Waals surface area (Å²) in [6, 6.07) is 14.4. The van der Waals surface area contributed by atoms with E-state index in [1.807, 2.05) is 31.2 Å². The van der Waals surface area contributed by atoms with Crippen LogP contribution in [0.5, 0.6) is 11.5 Å². The average molecular weight is 335 g/mol. The van der Waals surface area contributed by atoms with Crippen molar-refractivity contribution in [2.24, 2.45) is 0 Å². The second-order valence-electron chi connectivity index (χ2n) is 4.12. The molecule has 0 aliphatic carbocycles. The Hall–Kier alpha value is -1.81. The van der Waals surface area contributed by atoms with Crippen molar-refractivity contribution in [2.45, 2.75) is 6.92 Å². The minimum absolute atomic E-state index is 0.0234. The summed E-state index contributed by atoms with van der Waals surface area (Å²) in [4.78, 5) is 12.0. The fraction of sp³-hybridized carbons (Fsp3) is 0.188. The Balaban J connectivity index is 1.92. The van der Waals surface area contributed by atoms with Gasteiger partial charge in [0.1, 0.15) is 11.5 Å². The fourth-order valence-corrected chi connectivity index (χ4v) is 1.93. The molecule has 0 radical (unpaired) electrons. The van der Waals surface area contributed by atoms with E-state index in [-0.39, 0.29) is 12.4 Å². The molecular formula is C16H15BrO3. The smallest absolute Gasteiger partial charge is 0.200 e. The molecule has 0 saturated heterocycles. The quantitative estimate of drug-likeness (QED) is 0.746. The topological polar surface area (TPSA) is 35.5 Å². The van der Waals surface area contributed by atoms with Gasteiger partial charge in [0.05, 0.1) is 6.61 Å². The molecule has 4 heteroatoms. The molecule has 2 rings (SSSR count). The monoisotopic (exact) mass is 334 g/mol. The summed E-state index contributed by atoms with van der Waals surface area (Å²) in [5, 5.41) is 0. The third kappa shape index (κ3) is 4.10. The zero-order valence-corrected chi connectivity index (χ0v) is 12.7. The summed E-state index contributed by atoms with van der Waals surface area (Å²) in [5.41, 5.74) is 0.616. The SMILES string of the molecule is CCOc1ccc(C(=O)COc2ccc(Br)cc2)cc1. The molecule has 3 nitrogen and oxygen atoms in total. The Bertz CT molecular complexity index is 561. The van der Waals surface area contributed by atoms with Gasteiger partial charge in [-0.05, 0) is 55.5 Å². The number of halogens is 1. The Morgan fingerprint density at radius 2 is 1.50 bits per heavy atom. The molecule has 2 aromatic carbocycles. The Morgan fingerprint density at radius 1 is 0.950 bits per heavy atom. The Labute approximate surface area is 126 Å². The number of rotatable bonds is 6. The number of carbonyl (C=O) groups is 1. The zero-order valence-electron chi connectivity index (χ0n) is 11.1. The maximum absolute atomic E-state index is 12.0. The van der Waals surface area contributed by atoms with Gasteiger partial charge in [-0.25, -0.2) is 0 Å². The molecule has 0 aromatic heterocycles. The summed E-state index contributed by atoms with van der Waals surface area (Å²) in [6.07, 6.45) is 0. The number of benzene rings is 2. The van der Waals surface area contributed by atoms with Crippen LogP contribution >= 0.6 is 15.9 Å². The highest BCUT2D eigenvalue weighted by atomic mass is 79.9. The van der Waals surface area contributed by atoms with Crippen LogP contribution < -0.4 is 9.47 Å². The van der Waals surface area contributed by atoms with Gasteiger partial charge in [0.15, 0.2) is 12.4 Å². The first-order valence-electron chi connectivity index (χ1n) is 6.33. The van der Waals surface area contributed by atoms with Crippen molar-refractivity contribution in [3.8, 4) is 11.5 Å². The van der Waals surface area contributed by atoms with Crippen molar-refractivity contribution in [1.29, 1.82) is 0 Å². The minimum atomic E-state index is -0.0593. The maximum atomic E-state index is 12.0. The standard InChI is InChI=1S/C16H15BrO3/c1-2-19-14-7-3-12(4-8-14)16(18)11-20-15-9-5-13(17)6-10-15/h3-10H,2,11H2,1H3. The lowest BCUT2D eigenvalue weighted by atomic mass is 10.1. The van der Waals surface area contributed by atoms with E-state index in [1.54, 1.807) is 24.3 Å². The largest absolute Gasteiger partial charge is 0.494 e. The van der Waals surface area contributed by atoms with Crippen molar-refractivity contribution in [1.82, 2.24) is 0 Å². The molecule has 20 heavy (non-hydrogen) atoms. The molecule has 0 unspecified atom stereocenters. The fourth-order valence-electron chi connectivity index (χ4n) is 1.67. The van der Waals surface area contributed by atoms with Crippen molar-refractivity contribution < 1.29 is 14.3 Å². The van der Waals surface area contributed by atoms with Gasteiger partial charge in [0, 0.05) is 10.0 Å². The second kappa shape index (κ2) is 7.10. The molecule has 0 saturated carbocycles. The van der Waals surface area contributed by atoms with E-state index in [2.05, 4.69) is 15.9 Å². The lowest BCUT2D eigenvalue weighted by molar-refractivity contribution is 0.0921. The minimum Gasteiger partial charge on any atom is -0.494 e. The van der Waals surface area contributed by atoms with E-state index in [9.17, 15) is 4.79 Å². The second-order valence-corrected chi connectivity index (χ2v) is 5.04. The maximum Gasteiger partial charge on any atom is 0.200 e. The first kappa shape index (κ1) is 14.6. The highest BCUT2D eigenvalue weighted by Crippen LogP contribution is 2.17. The first-order chi connectivity index (χ1) is 9.69. The molecule has 0 amide bonds. The van der Waals surface area contributed by atoms with E-state index in [1.165, 1.54) is 0 Å². The van der Waals surface area contributed by atoms with Crippen LogP contribution in [-0.2, 0) is 0 Å². The normalized spacial score (nSPS) is 10.1. The molecule has 0 aliphatic rings. The highest BCUT2D eigenvalue weighted by molar-refractivity contribution is 9.10. The molecule has 2 aromatic rings. The molecule has 0 spiro atoms.